The highest BCUT2D eigenvalue weighted by atomic mass is 32.2. The van der Waals surface area contributed by atoms with Crippen molar-refractivity contribution in [3.05, 3.63) is 82.8 Å². The molecule has 1 fully saturated rings. The van der Waals surface area contributed by atoms with Gasteiger partial charge in [0, 0.05) is 59.7 Å². The molecule has 1 saturated heterocycles. The Bertz CT molecular complexity index is 1400. The molecule has 0 spiro atoms. The third-order valence-corrected chi connectivity index (χ3v) is 8.79. The highest BCUT2D eigenvalue weighted by molar-refractivity contribution is 7.99. The van der Waals surface area contributed by atoms with Gasteiger partial charge in [-0.25, -0.2) is 4.98 Å². The van der Waals surface area contributed by atoms with Crippen LogP contribution in [0.1, 0.15) is 46.3 Å². The number of thioether (sulfide) groups is 1. The lowest BCUT2D eigenvalue weighted by Crippen LogP contribution is -2.37. The van der Waals surface area contributed by atoms with Gasteiger partial charge in [0.05, 0.1) is 35.1 Å². The molecule has 3 heterocycles. The summed E-state index contributed by atoms with van der Waals surface area (Å²) in [6, 6.07) is 18.4. The monoisotopic (exact) mass is 529 g/mol. The maximum atomic E-state index is 13.2. The number of nitriles is 1. The van der Waals surface area contributed by atoms with Gasteiger partial charge in [-0.3, -0.25) is 4.79 Å². The molecule has 190 valence electrons. The molecule has 0 saturated carbocycles. The van der Waals surface area contributed by atoms with E-state index in [4.69, 9.17) is 5.26 Å². The SMILES string of the molecule is CCCCN(Cc1cncn1Cc1ccc(C#N)cc1)c1cccc2sc(C(=O)N3CCSCC3)cc12. The van der Waals surface area contributed by atoms with Gasteiger partial charge in [-0.15, -0.1) is 11.3 Å². The van der Waals surface area contributed by atoms with Crippen molar-refractivity contribution < 1.29 is 4.79 Å². The van der Waals surface area contributed by atoms with Crippen molar-refractivity contribution in [2.75, 3.05) is 36.0 Å². The molecular formula is C29H31N5OS2. The van der Waals surface area contributed by atoms with E-state index in [9.17, 15) is 4.79 Å². The summed E-state index contributed by atoms with van der Waals surface area (Å²) in [6.07, 6.45) is 6.02. The number of amides is 1. The number of aromatic nitrogens is 2. The number of imidazole rings is 1. The molecule has 8 heteroatoms. The van der Waals surface area contributed by atoms with Gasteiger partial charge < -0.3 is 14.4 Å². The van der Waals surface area contributed by atoms with Crippen LogP contribution in [0.15, 0.2) is 61.1 Å². The third kappa shape index (κ3) is 5.84. The molecule has 1 aliphatic heterocycles. The fourth-order valence-electron chi connectivity index (χ4n) is 4.68. The van der Waals surface area contributed by atoms with E-state index in [1.54, 1.807) is 11.3 Å². The summed E-state index contributed by atoms with van der Waals surface area (Å²) < 4.78 is 3.33. The number of nitrogens with zero attached hydrogens (tertiary/aromatic N) is 5. The number of rotatable bonds is 9. The van der Waals surface area contributed by atoms with Gasteiger partial charge in [-0.2, -0.15) is 17.0 Å². The molecule has 37 heavy (non-hydrogen) atoms. The maximum absolute atomic E-state index is 13.2. The summed E-state index contributed by atoms with van der Waals surface area (Å²) >= 11 is 3.52. The molecule has 0 bridgehead atoms. The first-order valence-electron chi connectivity index (χ1n) is 12.8. The van der Waals surface area contributed by atoms with Crippen LogP contribution in [0, 0.1) is 11.3 Å². The van der Waals surface area contributed by atoms with Gasteiger partial charge in [-0.05, 0) is 42.3 Å². The smallest absolute Gasteiger partial charge is 0.264 e. The first-order chi connectivity index (χ1) is 18.2. The van der Waals surface area contributed by atoms with Crippen LogP contribution in [-0.4, -0.2) is 51.5 Å². The van der Waals surface area contributed by atoms with Gasteiger partial charge in [0.25, 0.3) is 5.91 Å². The van der Waals surface area contributed by atoms with Gasteiger partial charge in [0.2, 0.25) is 0 Å². The van der Waals surface area contributed by atoms with E-state index in [1.165, 1.54) is 5.69 Å². The van der Waals surface area contributed by atoms with E-state index in [0.29, 0.717) is 12.1 Å². The highest BCUT2D eigenvalue weighted by Crippen LogP contribution is 2.35. The Balaban J connectivity index is 1.41. The van der Waals surface area contributed by atoms with Gasteiger partial charge in [0.1, 0.15) is 0 Å². The van der Waals surface area contributed by atoms with Crippen molar-refractivity contribution in [1.29, 1.82) is 5.26 Å². The summed E-state index contributed by atoms with van der Waals surface area (Å²) in [5, 5.41) is 10.2. The molecule has 0 radical (unpaired) electrons. The Morgan fingerprint density at radius 2 is 1.97 bits per heavy atom. The zero-order chi connectivity index (χ0) is 25.6. The van der Waals surface area contributed by atoms with Crippen LogP contribution in [0.5, 0.6) is 0 Å². The second-order valence-electron chi connectivity index (χ2n) is 9.30. The van der Waals surface area contributed by atoms with Crippen molar-refractivity contribution >= 4 is 44.8 Å². The zero-order valence-electron chi connectivity index (χ0n) is 21.1. The van der Waals surface area contributed by atoms with Gasteiger partial charge >= 0.3 is 0 Å². The molecule has 2 aromatic carbocycles. The van der Waals surface area contributed by atoms with Crippen LogP contribution in [0.3, 0.4) is 0 Å². The molecule has 1 amide bonds. The summed E-state index contributed by atoms with van der Waals surface area (Å²) in [5.74, 6) is 2.19. The number of fused-ring (bicyclic) bond motifs is 1. The molecule has 0 atom stereocenters. The van der Waals surface area contributed by atoms with Crippen molar-refractivity contribution in [3.63, 3.8) is 0 Å². The summed E-state index contributed by atoms with van der Waals surface area (Å²) in [5.41, 5.74) is 4.11. The number of carbonyl (C=O) groups excluding carboxylic acids is 1. The molecular weight excluding hydrogens is 498 g/mol. The van der Waals surface area contributed by atoms with Crippen LogP contribution in [0.4, 0.5) is 5.69 Å². The predicted octanol–water partition coefficient (Wildman–Crippen LogP) is 6.01. The van der Waals surface area contributed by atoms with Crippen molar-refractivity contribution in [3.8, 4) is 6.07 Å². The second-order valence-corrected chi connectivity index (χ2v) is 11.6. The first-order valence-corrected chi connectivity index (χ1v) is 14.8. The summed E-state index contributed by atoms with van der Waals surface area (Å²) in [4.78, 5) is 22.9. The minimum Gasteiger partial charge on any atom is -0.365 e. The third-order valence-electron chi connectivity index (χ3n) is 6.76. The lowest BCUT2D eigenvalue weighted by atomic mass is 10.1. The topological polar surface area (TPSA) is 65.2 Å². The minimum atomic E-state index is 0.160. The van der Waals surface area contributed by atoms with Gasteiger partial charge in [0.15, 0.2) is 0 Å². The van der Waals surface area contributed by atoms with Gasteiger partial charge in [-0.1, -0.05) is 31.5 Å². The van der Waals surface area contributed by atoms with Crippen molar-refractivity contribution in [1.82, 2.24) is 14.5 Å². The minimum absolute atomic E-state index is 0.160. The molecule has 2 aromatic heterocycles. The number of hydrogen-bond donors (Lipinski definition) is 0. The van der Waals surface area contributed by atoms with E-state index < -0.39 is 0 Å². The summed E-state index contributed by atoms with van der Waals surface area (Å²) in [6.45, 7) is 6.25. The largest absolute Gasteiger partial charge is 0.365 e. The second kappa shape index (κ2) is 11.8. The lowest BCUT2D eigenvalue weighted by molar-refractivity contribution is 0.0777. The molecule has 5 rings (SSSR count). The zero-order valence-corrected chi connectivity index (χ0v) is 22.7. The van der Waals surface area contributed by atoms with Crippen LogP contribution in [0.2, 0.25) is 0 Å². The first kappa shape index (κ1) is 25.4. The van der Waals surface area contributed by atoms with Crippen LogP contribution < -0.4 is 4.90 Å². The van der Waals surface area contributed by atoms with Crippen LogP contribution in [-0.2, 0) is 13.1 Å². The standard InChI is InChI=1S/C29H31N5OS2/c1-2-3-11-33(20-24-18-31-21-34(24)19-23-9-7-22(17-30)8-10-23)26-5-4-6-27-25(26)16-28(37-27)29(35)32-12-14-36-15-13-32/h4-10,16,18,21H,2-3,11-15,19-20H2,1H3. The number of unbranched alkanes of at least 4 members (excludes halogenated alkanes) is 1. The lowest BCUT2D eigenvalue weighted by Gasteiger charge is -2.26. The Kier molecular flexibility index (Phi) is 8.12. The van der Waals surface area contributed by atoms with Crippen LogP contribution >= 0.6 is 23.1 Å². The fraction of sp³-hybridized carbons (Fsp3) is 0.345. The molecule has 1 aliphatic rings. The molecule has 0 unspecified atom stereocenters. The normalized spacial score (nSPS) is 13.6. The highest BCUT2D eigenvalue weighted by Gasteiger charge is 2.22. The Hall–Kier alpha value is -3.28. The number of hydrogen-bond acceptors (Lipinski definition) is 6. The van der Waals surface area contributed by atoms with Crippen molar-refractivity contribution in [2.24, 2.45) is 0 Å². The number of benzene rings is 2. The molecule has 6 nitrogen and oxygen atoms in total. The van der Waals surface area contributed by atoms with E-state index in [-0.39, 0.29) is 5.91 Å². The van der Waals surface area contributed by atoms with E-state index >= 15 is 0 Å². The van der Waals surface area contributed by atoms with Crippen molar-refractivity contribution in [2.45, 2.75) is 32.9 Å². The van der Waals surface area contributed by atoms with E-state index in [0.717, 1.165) is 76.7 Å². The Morgan fingerprint density at radius 3 is 2.73 bits per heavy atom. The Labute approximate surface area is 226 Å². The molecule has 0 aliphatic carbocycles. The van der Waals surface area contributed by atoms with E-state index in [2.05, 4.69) is 51.7 Å². The number of carbonyl (C=O) groups is 1. The van der Waals surface area contributed by atoms with Crippen LogP contribution in [0.25, 0.3) is 10.1 Å². The summed E-state index contributed by atoms with van der Waals surface area (Å²) in [7, 11) is 0. The quantitative estimate of drug-likeness (QED) is 0.266. The average Bonchev–Trinajstić information content (AvgIpc) is 3.58. The number of anilines is 1. The average molecular weight is 530 g/mol. The van der Waals surface area contributed by atoms with E-state index in [1.807, 2.05) is 53.5 Å². The Morgan fingerprint density at radius 1 is 1.16 bits per heavy atom. The number of thiophene rings is 1. The molecule has 4 aromatic rings. The predicted molar refractivity (Wildman–Crippen MR) is 153 cm³/mol. The molecule has 0 N–H and O–H groups in total. The maximum Gasteiger partial charge on any atom is 0.264 e. The fourth-order valence-corrected chi connectivity index (χ4v) is 6.63.